The second kappa shape index (κ2) is 10.2. The summed E-state index contributed by atoms with van der Waals surface area (Å²) < 4.78 is 15.7. The molecule has 0 unspecified atom stereocenters. The Bertz CT molecular complexity index is 995. The van der Waals surface area contributed by atoms with Gasteiger partial charge in [0.2, 0.25) is 5.88 Å². The summed E-state index contributed by atoms with van der Waals surface area (Å²) in [6.45, 7) is 4.06. The number of para-hydroxylation sites is 1. The van der Waals surface area contributed by atoms with Gasteiger partial charge in [0.05, 0.1) is 6.61 Å². The molecule has 1 N–H and O–H groups in total. The van der Waals surface area contributed by atoms with E-state index in [0.717, 1.165) is 22.4 Å². The second-order valence-electron chi connectivity index (χ2n) is 6.69. The number of rotatable bonds is 9. The normalized spacial score (nSPS) is 10.5. The lowest BCUT2D eigenvalue weighted by Crippen LogP contribution is -2.20. The van der Waals surface area contributed by atoms with Gasteiger partial charge in [0.15, 0.2) is 6.61 Å². The van der Waals surface area contributed by atoms with Crippen LogP contribution in [0.25, 0.3) is 11.3 Å². The third-order valence-electron chi connectivity index (χ3n) is 4.36. The summed E-state index contributed by atoms with van der Waals surface area (Å²) in [5.41, 5.74) is 3.55. The monoisotopic (exact) mass is 408 g/mol. The fourth-order valence-corrected chi connectivity index (χ4v) is 2.83. The maximum absolute atomic E-state index is 12.0. The number of nitrogens with one attached hydrogen (secondary N) is 1. The Morgan fingerprint density at radius 1 is 1.10 bits per heavy atom. The van der Waals surface area contributed by atoms with Gasteiger partial charge < -0.3 is 14.0 Å². The Morgan fingerprint density at radius 3 is 2.63 bits per heavy atom. The Morgan fingerprint density at radius 2 is 1.87 bits per heavy atom. The molecule has 2 aromatic carbocycles. The number of anilines is 1. The maximum atomic E-state index is 12.0. The third-order valence-corrected chi connectivity index (χ3v) is 4.36. The maximum Gasteiger partial charge on any atom is 0.306 e. The molecule has 0 saturated carbocycles. The van der Waals surface area contributed by atoms with Crippen LogP contribution in [0.1, 0.15) is 24.5 Å². The van der Waals surface area contributed by atoms with E-state index in [9.17, 15) is 9.59 Å². The summed E-state index contributed by atoms with van der Waals surface area (Å²) in [6.07, 6.45) is 0.621. The smallest absolute Gasteiger partial charge is 0.306 e. The van der Waals surface area contributed by atoms with Gasteiger partial charge in [-0.1, -0.05) is 53.2 Å². The highest BCUT2D eigenvalue weighted by Gasteiger charge is 2.13. The van der Waals surface area contributed by atoms with Crippen molar-refractivity contribution >= 4 is 17.8 Å². The number of amides is 1. The van der Waals surface area contributed by atoms with Crippen molar-refractivity contribution in [3.05, 3.63) is 65.7 Å². The average Bonchev–Trinajstić information content (AvgIpc) is 3.20. The third kappa shape index (κ3) is 5.94. The van der Waals surface area contributed by atoms with Crippen molar-refractivity contribution in [3.63, 3.8) is 0 Å². The molecule has 0 aliphatic carbocycles. The predicted octanol–water partition coefficient (Wildman–Crippen LogP) is 4.16. The number of ether oxygens (including phenoxy) is 2. The molecule has 7 nitrogen and oxygen atoms in total. The lowest BCUT2D eigenvalue weighted by molar-refractivity contribution is -0.147. The first-order chi connectivity index (χ1) is 14.5. The van der Waals surface area contributed by atoms with Crippen LogP contribution in [0.4, 0.5) is 5.88 Å². The highest BCUT2D eigenvalue weighted by atomic mass is 16.5. The molecule has 0 atom stereocenters. The van der Waals surface area contributed by atoms with Gasteiger partial charge in [-0.25, -0.2) is 0 Å². The zero-order valence-electron chi connectivity index (χ0n) is 17.0. The molecule has 0 aliphatic heterocycles. The minimum atomic E-state index is -0.496. The van der Waals surface area contributed by atoms with Crippen LogP contribution in [-0.2, 0) is 20.7 Å². The molecule has 0 aliphatic rings. The van der Waals surface area contributed by atoms with Crippen molar-refractivity contribution < 1.29 is 23.6 Å². The first-order valence-corrected chi connectivity index (χ1v) is 9.75. The summed E-state index contributed by atoms with van der Waals surface area (Å²) in [4.78, 5) is 24.0. The highest BCUT2D eigenvalue weighted by molar-refractivity contribution is 5.92. The van der Waals surface area contributed by atoms with Crippen molar-refractivity contribution in [2.45, 2.75) is 26.7 Å². The van der Waals surface area contributed by atoms with Crippen LogP contribution in [0.2, 0.25) is 0 Å². The highest BCUT2D eigenvalue weighted by Crippen LogP contribution is 2.22. The largest absolute Gasteiger partial charge is 0.494 e. The summed E-state index contributed by atoms with van der Waals surface area (Å²) in [6, 6.07) is 16.9. The molecule has 30 heavy (non-hydrogen) atoms. The molecule has 0 saturated heterocycles. The van der Waals surface area contributed by atoms with Crippen LogP contribution in [-0.4, -0.2) is 30.2 Å². The van der Waals surface area contributed by atoms with Crippen molar-refractivity contribution in [3.8, 4) is 17.0 Å². The summed E-state index contributed by atoms with van der Waals surface area (Å²) in [5, 5.41) is 6.47. The first-order valence-electron chi connectivity index (χ1n) is 9.75. The number of nitrogens with zero attached hydrogens (tertiary/aromatic N) is 1. The van der Waals surface area contributed by atoms with Crippen LogP contribution in [0.15, 0.2) is 59.1 Å². The van der Waals surface area contributed by atoms with E-state index in [1.807, 2.05) is 62.4 Å². The first kappa shape index (κ1) is 21.1. The molecule has 0 bridgehead atoms. The Hall–Kier alpha value is -3.61. The molecule has 1 amide bonds. The molecule has 1 heterocycles. The SMILES string of the molecule is CCOc1ccccc1CCC(=O)OCC(=O)Nc1cc(-c2ccc(C)cc2)no1. The topological polar surface area (TPSA) is 90.7 Å². The zero-order chi connectivity index (χ0) is 21.3. The van der Waals surface area contributed by atoms with E-state index in [1.165, 1.54) is 0 Å². The quantitative estimate of drug-likeness (QED) is 0.535. The second-order valence-corrected chi connectivity index (χ2v) is 6.69. The molecule has 3 rings (SSSR count). The number of carbonyl (C=O) groups is 2. The number of benzene rings is 2. The van der Waals surface area contributed by atoms with E-state index >= 15 is 0 Å². The average molecular weight is 408 g/mol. The van der Waals surface area contributed by atoms with Crippen molar-refractivity contribution in [1.82, 2.24) is 5.16 Å². The van der Waals surface area contributed by atoms with Gasteiger partial charge in [0.1, 0.15) is 11.4 Å². The molecule has 156 valence electrons. The van der Waals surface area contributed by atoms with Gasteiger partial charge >= 0.3 is 5.97 Å². The van der Waals surface area contributed by atoms with E-state index in [1.54, 1.807) is 6.07 Å². The number of hydrogen-bond donors (Lipinski definition) is 1. The summed E-state index contributed by atoms with van der Waals surface area (Å²) >= 11 is 0. The molecule has 1 aromatic heterocycles. The Kier molecular flexibility index (Phi) is 7.21. The van der Waals surface area contributed by atoms with E-state index in [2.05, 4.69) is 10.5 Å². The lowest BCUT2D eigenvalue weighted by atomic mass is 10.1. The lowest BCUT2D eigenvalue weighted by Gasteiger charge is -2.09. The van der Waals surface area contributed by atoms with Crippen LogP contribution in [0.5, 0.6) is 5.75 Å². The molecule has 0 fully saturated rings. The van der Waals surface area contributed by atoms with Crippen molar-refractivity contribution in [2.75, 3.05) is 18.5 Å². The number of aromatic nitrogens is 1. The van der Waals surface area contributed by atoms with Crippen LogP contribution >= 0.6 is 0 Å². The van der Waals surface area contributed by atoms with E-state index < -0.39 is 18.5 Å². The number of aryl methyl sites for hydroxylation is 2. The zero-order valence-corrected chi connectivity index (χ0v) is 17.0. The van der Waals surface area contributed by atoms with Gasteiger partial charge in [0.25, 0.3) is 5.91 Å². The van der Waals surface area contributed by atoms with E-state index in [-0.39, 0.29) is 12.3 Å². The Balaban J connectivity index is 1.44. The van der Waals surface area contributed by atoms with E-state index in [0.29, 0.717) is 18.7 Å². The predicted molar refractivity (Wildman–Crippen MR) is 112 cm³/mol. The minimum Gasteiger partial charge on any atom is -0.494 e. The van der Waals surface area contributed by atoms with E-state index in [4.69, 9.17) is 14.0 Å². The fourth-order valence-electron chi connectivity index (χ4n) is 2.83. The van der Waals surface area contributed by atoms with Crippen molar-refractivity contribution in [1.29, 1.82) is 0 Å². The minimum absolute atomic E-state index is 0.150. The number of hydrogen-bond acceptors (Lipinski definition) is 6. The summed E-state index contributed by atoms with van der Waals surface area (Å²) in [7, 11) is 0. The van der Waals surface area contributed by atoms with Crippen molar-refractivity contribution in [2.24, 2.45) is 0 Å². The number of esters is 1. The fraction of sp³-hybridized carbons (Fsp3) is 0.261. The molecule has 0 spiro atoms. The summed E-state index contributed by atoms with van der Waals surface area (Å²) in [5.74, 6) is -0.0171. The molecular formula is C23H24N2O5. The van der Waals surface area contributed by atoms with Gasteiger partial charge in [0, 0.05) is 18.1 Å². The van der Waals surface area contributed by atoms with Crippen LogP contribution in [0.3, 0.4) is 0 Å². The van der Waals surface area contributed by atoms with Gasteiger partial charge in [-0.2, -0.15) is 0 Å². The molecule has 0 radical (unpaired) electrons. The molecular weight excluding hydrogens is 384 g/mol. The Labute approximate surface area is 175 Å². The van der Waals surface area contributed by atoms with Gasteiger partial charge in [-0.3, -0.25) is 14.9 Å². The molecule has 3 aromatic rings. The van der Waals surface area contributed by atoms with Crippen LogP contribution in [0, 0.1) is 6.92 Å². The number of carbonyl (C=O) groups excluding carboxylic acids is 2. The standard InChI is InChI=1S/C23H24N2O5/c1-3-28-20-7-5-4-6-18(20)12-13-23(27)29-15-21(26)24-22-14-19(25-30-22)17-10-8-16(2)9-11-17/h4-11,14H,3,12-13,15H2,1-2H3,(H,24,26). The van der Waals surface area contributed by atoms with Crippen LogP contribution < -0.4 is 10.1 Å². The van der Waals surface area contributed by atoms with Gasteiger partial charge in [-0.05, 0) is 31.9 Å². The molecule has 7 heteroatoms. The van der Waals surface area contributed by atoms with Gasteiger partial charge in [-0.15, -0.1) is 0 Å².